The Hall–Kier alpha value is -2.61. The Morgan fingerprint density at radius 2 is 1.79 bits per heavy atom. The Labute approximate surface area is 212 Å². The van der Waals surface area contributed by atoms with E-state index < -0.39 is 11.9 Å². The van der Waals surface area contributed by atoms with Gasteiger partial charge in [0.05, 0.1) is 0 Å². The van der Waals surface area contributed by atoms with Crippen molar-refractivity contribution >= 4 is 52.2 Å². The van der Waals surface area contributed by atoms with Gasteiger partial charge in [-0.15, -0.1) is 0 Å². The summed E-state index contributed by atoms with van der Waals surface area (Å²) in [5, 5.41) is 13.0. The molecule has 0 aliphatic heterocycles. The maximum absolute atomic E-state index is 13.9. The summed E-state index contributed by atoms with van der Waals surface area (Å²) in [4.78, 5) is 29.1. The van der Waals surface area contributed by atoms with E-state index >= 15 is 0 Å². The van der Waals surface area contributed by atoms with Gasteiger partial charge in [-0.3, -0.25) is 14.5 Å². The number of aromatic nitrogens is 1. The van der Waals surface area contributed by atoms with Crippen LogP contribution in [0.4, 0.5) is 5.69 Å². The van der Waals surface area contributed by atoms with E-state index in [9.17, 15) is 14.7 Å². The normalized spacial score (nSPS) is 14.7. The zero-order chi connectivity index (χ0) is 24.4. The van der Waals surface area contributed by atoms with Gasteiger partial charge in [0, 0.05) is 11.7 Å². The van der Waals surface area contributed by atoms with Gasteiger partial charge in [-0.25, -0.2) is 0 Å². The van der Waals surface area contributed by atoms with Crippen LogP contribution in [0, 0.1) is 13.8 Å². The molecule has 1 aliphatic carbocycles. The number of carbonyl (C=O) groups is 2. The Kier molecular flexibility index (Phi) is 7.45. The zero-order valence-corrected chi connectivity index (χ0v) is 21.2. The van der Waals surface area contributed by atoms with Crippen LogP contribution in [0.25, 0.3) is 0 Å². The highest BCUT2D eigenvalue weighted by Gasteiger charge is 2.37. The molecule has 1 aliphatic rings. The summed E-state index contributed by atoms with van der Waals surface area (Å²) in [6.45, 7) is 3.85. The molecular formula is C25H25Cl2N3O3S. The molecule has 0 bridgehead atoms. The molecule has 0 saturated heterocycles. The lowest BCUT2D eigenvalue weighted by Crippen LogP contribution is -2.46. The van der Waals surface area contributed by atoms with E-state index in [0.717, 1.165) is 48.3 Å². The van der Waals surface area contributed by atoms with Crippen molar-refractivity contribution in [1.29, 1.82) is 0 Å². The number of hydrogen-bond acceptors (Lipinski definition) is 5. The molecule has 2 amide bonds. The molecule has 34 heavy (non-hydrogen) atoms. The van der Waals surface area contributed by atoms with Crippen molar-refractivity contribution in [2.75, 3.05) is 4.90 Å². The smallest absolute Gasteiger partial charge is 0.280 e. The fourth-order valence-electron chi connectivity index (χ4n) is 4.37. The molecular weight excluding hydrogens is 493 g/mol. The van der Waals surface area contributed by atoms with E-state index in [1.54, 1.807) is 12.1 Å². The SMILES string of the molecule is Cc1ccc(N(C(=O)c2nsc(Cl)c2Cl)[C@@H](C(=O)NC2CCCC2)c2ccc(O)cc2)c(C)c1. The van der Waals surface area contributed by atoms with Crippen LogP contribution in [-0.2, 0) is 4.79 Å². The summed E-state index contributed by atoms with van der Waals surface area (Å²) in [7, 11) is 0. The monoisotopic (exact) mass is 517 g/mol. The van der Waals surface area contributed by atoms with Gasteiger partial charge in [-0.1, -0.05) is 65.9 Å². The van der Waals surface area contributed by atoms with Gasteiger partial charge in [0.2, 0.25) is 5.91 Å². The molecule has 1 saturated carbocycles. The maximum Gasteiger partial charge on any atom is 0.280 e. The van der Waals surface area contributed by atoms with Crippen LogP contribution >= 0.6 is 34.7 Å². The Morgan fingerprint density at radius 3 is 2.38 bits per heavy atom. The molecule has 0 unspecified atom stereocenters. The summed E-state index contributed by atoms with van der Waals surface area (Å²) >= 11 is 13.4. The summed E-state index contributed by atoms with van der Waals surface area (Å²) in [6.07, 6.45) is 3.92. The molecule has 1 atom stereocenters. The third-order valence-corrected chi connectivity index (χ3v) is 7.66. The lowest BCUT2D eigenvalue weighted by atomic mass is 10.00. The van der Waals surface area contributed by atoms with Gasteiger partial charge >= 0.3 is 0 Å². The number of amides is 2. The number of aromatic hydroxyl groups is 1. The number of phenolic OH excluding ortho intramolecular Hbond substituents is 1. The van der Waals surface area contributed by atoms with Crippen molar-refractivity contribution < 1.29 is 14.7 Å². The van der Waals surface area contributed by atoms with Gasteiger partial charge in [0.1, 0.15) is 21.2 Å². The van der Waals surface area contributed by atoms with Crippen LogP contribution in [0.3, 0.4) is 0 Å². The van der Waals surface area contributed by atoms with E-state index in [1.807, 2.05) is 32.0 Å². The minimum atomic E-state index is -1.01. The number of hydrogen-bond donors (Lipinski definition) is 2. The highest BCUT2D eigenvalue weighted by molar-refractivity contribution is 7.11. The van der Waals surface area contributed by atoms with E-state index in [2.05, 4.69) is 9.69 Å². The van der Waals surface area contributed by atoms with Crippen molar-refractivity contribution in [2.24, 2.45) is 0 Å². The molecule has 0 radical (unpaired) electrons. The molecule has 178 valence electrons. The van der Waals surface area contributed by atoms with Crippen LogP contribution in [0.15, 0.2) is 42.5 Å². The first-order valence-corrected chi connectivity index (χ1v) is 12.6. The molecule has 2 N–H and O–H groups in total. The number of nitrogens with zero attached hydrogens (tertiary/aromatic N) is 2. The number of halogens is 2. The first kappa shape index (κ1) is 24.5. The summed E-state index contributed by atoms with van der Waals surface area (Å²) in [6, 6.07) is 11.0. The molecule has 0 spiro atoms. The molecule has 4 rings (SSSR count). The molecule has 3 aromatic rings. The van der Waals surface area contributed by atoms with E-state index in [4.69, 9.17) is 23.2 Å². The lowest BCUT2D eigenvalue weighted by Gasteiger charge is -2.33. The number of benzene rings is 2. The first-order valence-electron chi connectivity index (χ1n) is 11.1. The number of phenols is 1. The van der Waals surface area contributed by atoms with Crippen LogP contribution in [0.1, 0.15) is 58.9 Å². The van der Waals surface area contributed by atoms with E-state index in [0.29, 0.717) is 11.3 Å². The van der Waals surface area contributed by atoms with Crippen LogP contribution in [0.2, 0.25) is 9.36 Å². The molecule has 1 fully saturated rings. The fourth-order valence-corrected chi connectivity index (χ4v) is 5.36. The van der Waals surface area contributed by atoms with Crippen LogP contribution < -0.4 is 10.2 Å². The van der Waals surface area contributed by atoms with Crippen molar-refractivity contribution in [3.05, 3.63) is 74.2 Å². The Balaban J connectivity index is 1.87. The van der Waals surface area contributed by atoms with Crippen LogP contribution in [0.5, 0.6) is 5.75 Å². The minimum absolute atomic E-state index is 0.00548. The average molecular weight is 518 g/mol. The van der Waals surface area contributed by atoms with Crippen molar-refractivity contribution in [3.8, 4) is 5.75 Å². The second kappa shape index (κ2) is 10.3. The van der Waals surface area contributed by atoms with Crippen molar-refractivity contribution in [1.82, 2.24) is 9.69 Å². The van der Waals surface area contributed by atoms with Gasteiger partial charge in [-0.2, -0.15) is 4.37 Å². The van der Waals surface area contributed by atoms with Gasteiger partial charge < -0.3 is 10.4 Å². The topological polar surface area (TPSA) is 82.5 Å². The average Bonchev–Trinajstić information content (AvgIpc) is 3.43. The third-order valence-electron chi connectivity index (χ3n) is 6.05. The lowest BCUT2D eigenvalue weighted by molar-refractivity contribution is -0.123. The number of nitrogens with one attached hydrogen (secondary N) is 1. The maximum atomic E-state index is 13.9. The molecule has 9 heteroatoms. The highest BCUT2D eigenvalue weighted by Crippen LogP contribution is 2.37. The van der Waals surface area contributed by atoms with Gasteiger partial charge in [0.25, 0.3) is 5.91 Å². The molecule has 2 aromatic carbocycles. The quantitative estimate of drug-likeness (QED) is 0.406. The van der Waals surface area contributed by atoms with Crippen molar-refractivity contribution in [3.63, 3.8) is 0 Å². The fraction of sp³-hybridized carbons (Fsp3) is 0.320. The minimum Gasteiger partial charge on any atom is -0.508 e. The summed E-state index contributed by atoms with van der Waals surface area (Å²) in [5.41, 5.74) is 2.96. The van der Waals surface area contributed by atoms with Crippen LogP contribution in [-0.4, -0.2) is 27.3 Å². The standard InChI is InChI=1S/C25H25Cl2N3O3S/c1-14-7-12-19(15(2)13-14)30(25(33)21-20(26)23(27)34-29-21)22(16-8-10-18(31)11-9-16)24(32)28-17-5-3-4-6-17/h7-13,17,22,31H,3-6H2,1-2H3,(H,28,32)/t22-/m1/s1. The zero-order valence-electron chi connectivity index (χ0n) is 18.8. The highest BCUT2D eigenvalue weighted by atomic mass is 35.5. The largest absolute Gasteiger partial charge is 0.508 e. The van der Waals surface area contributed by atoms with Gasteiger partial charge in [-0.05, 0) is 67.5 Å². The second-order valence-corrected chi connectivity index (χ2v) is 10.3. The predicted octanol–water partition coefficient (Wildman–Crippen LogP) is 6.22. The van der Waals surface area contributed by atoms with E-state index in [-0.39, 0.29) is 32.8 Å². The summed E-state index contributed by atoms with van der Waals surface area (Å²) in [5.74, 6) is -0.763. The Morgan fingerprint density at radius 1 is 1.12 bits per heavy atom. The Bertz CT molecular complexity index is 1210. The second-order valence-electron chi connectivity index (χ2n) is 8.57. The molecule has 6 nitrogen and oxygen atoms in total. The number of rotatable bonds is 6. The molecule has 1 heterocycles. The number of anilines is 1. The first-order chi connectivity index (χ1) is 16.3. The molecule has 1 aromatic heterocycles. The predicted molar refractivity (Wildman–Crippen MR) is 136 cm³/mol. The summed E-state index contributed by atoms with van der Waals surface area (Å²) < 4.78 is 4.39. The van der Waals surface area contributed by atoms with Gasteiger partial charge in [0.15, 0.2) is 5.69 Å². The number of carbonyl (C=O) groups excluding carboxylic acids is 2. The third kappa shape index (κ3) is 5.06. The van der Waals surface area contributed by atoms with Crippen molar-refractivity contribution in [2.45, 2.75) is 51.6 Å². The number of aryl methyl sites for hydroxylation is 2. The van der Waals surface area contributed by atoms with E-state index in [1.165, 1.54) is 17.0 Å².